The average Bonchev–Trinajstić information content (AvgIpc) is 4.12. The van der Waals surface area contributed by atoms with Crippen molar-refractivity contribution in [2.24, 2.45) is 16.2 Å². The molecule has 3 aliphatic heterocycles. The minimum atomic E-state index is -0.455. The normalized spacial score (nSPS) is 23.9. The van der Waals surface area contributed by atoms with Crippen LogP contribution in [0.3, 0.4) is 0 Å². The van der Waals surface area contributed by atoms with Crippen LogP contribution < -0.4 is 39.0 Å². The highest BCUT2D eigenvalue weighted by Crippen LogP contribution is 2.50. The smallest absolute Gasteiger partial charge is 0.417 e. The number of amides is 2. The van der Waals surface area contributed by atoms with Gasteiger partial charge in [0.2, 0.25) is 0 Å². The molecule has 0 atom stereocenters. The van der Waals surface area contributed by atoms with E-state index >= 15 is 0 Å². The van der Waals surface area contributed by atoms with Crippen LogP contribution in [0, 0.1) is 16.2 Å². The second kappa shape index (κ2) is 19.2. The first-order valence-electron chi connectivity index (χ1n) is 24.8. The van der Waals surface area contributed by atoms with Gasteiger partial charge in [0.25, 0.3) is 0 Å². The zero-order valence-corrected chi connectivity index (χ0v) is 41.9. The van der Waals surface area contributed by atoms with Gasteiger partial charge in [0.1, 0.15) is 17.0 Å². The van der Waals surface area contributed by atoms with E-state index in [9.17, 15) is 28.8 Å². The number of carbonyl (C=O) groups is 3. The quantitative estimate of drug-likeness (QED) is 0.0835. The molecule has 20 heteroatoms. The molecule has 3 spiro atoms. The summed E-state index contributed by atoms with van der Waals surface area (Å²) in [7, 11) is 0. The number of oxazole rings is 3. The van der Waals surface area contributed by atoms with E-state index in [0.717, 1.165) is 68.8 Å². The number of hydrogen-bond donors (Lipinski definition) is 7. The summed E-state index contributed by atoms with van der Waals surface area (Å²) in [6, 6.07) is 17.3. The summed E-state index contributed by atoms with van der Waals surface area (Å²) in [5, 5.41) is 10.5. The van der Waals surface area contributed by atoms with E-state index < -0.39 is 28.5 Å². The van der Waals surface area contributed by atoms with Gasteiger partial charge >= 0.3 is 29.5 Å². The van der Waals surface area contributed by atoms with Gasteiger partial charge in [0, 0.05) is 80.1 Å². The van der Waals surface area contributed by atoms with Crippen molar-refractivity contribution in [3.05, 3.63) is 86.2 Å². The summed E-state index contributed by atoms with van der Waals surface area (Å²) in [6.45, 7) is 16.6. The zero-order chi connectivity index (χ0) is 51.2. The molecule has 8 N–H and O–H groups in total. The number of aromatic nitrogens is 3. The van der Waals surface area contributed by atoms with Gasteiger partial charge in [-0.1, -0.05) is 0 Å². The molecule has 6 fully saturated rings. The third-order valence-corrected chi connectivity index (χ3v) is 14.4. The van der Waals surface area contributed by atoms with Crippen LogP contribution in [0.1, 0.15) is 99.3 Å². The number of benzene rings is 3. The maximum absolute atomic E-state index is 12.2. The van der Waals surface area contributed by atoms with Crippen molar-refractivity contribution in [2.75, 3.05) is 55.6 Å². The van der Waals surface area contributed by atoms with Gasteiger partial charge in [-0.25, -0.2) is 24.0 Å². The van der Waals surface area contributed by atoms with Gasteiger partial charge in [-0.2, -0.15) is 0 Å². The number of nitrogen functional groups attached to an aromatic ring is 1. The van der Waals surface area contributed by atoms with Gasteiger partial charge in [0.05, 0.1) is 16.6 Å². The Morgan fingerprint density at radius 2 is 1.04 bits per heavy atom. The first-order valence-corrected chi connectivity index (χ1v) is 24.8. The molecule has 0 bridgehead atoms. The van der Waals surface area contributed by atoms with Crippen LogP contribution in [0.2, 0.25) is 0 Å². The van der Waals surface area contributed by atoms with E-state index in [1.165, 1.54) is 25.8 Å². The number of aromatic amines is 3. The summed E-state index contributed by atoms with van der Waals surface area (Å²) in [5.74, 6) is -0.962. The SMILES string of the molecule is CC(C)(C)OC(=O)N1CCC2(CC(=O)C2)C1.CC(C)(C)OC(=O)N1CCC2(CC(Nc3ccc4oc(=O)[nH]c4c3)C2)C1.Nc1ccc2oc(=O)[nH]c2c1.O=c1[nH]c2cc(NC3CC4(CCNC4)C3)ccc2o1. The monoisotopic (exact) mass is 993 g/mol. The third kappa shape index (κ3) is 11.9. The molecular formula is C52H67N9O11. The van der Waals surface area contributed by atoms with E-state index in [4.69, 9.17) is 28.5 Å². The average molecular weight is 994 g/mol. The fourth-order valence-electron chi connectivity index (χ4n) is 11.1. The number of fused-ring (bicyclic) bond motifs is 3. The lowest BCUT2D eigenvalue weighted by atomic mass is 9.65. The number of nitrogens with two attached hydrogens (primary N) is 1. The maximum atomic E-state index is 12.2. The van der Waals surface area contributed by atoms with Crippen molar-refractivity contribution in [1.82, 2.24) is 30.1 Å². The van der Waals surface area contributed by atoms with Crippen LogP contribution >= 0.6 is 0 Å². The van der Waals surface area contributed by atoms with Crippen LogP contribution in [0.4, 0.5) is 26.7 Å². The predicted octanol–water partition coefficient (Wildman–Crippen LogP) is 7.68. The van der Waals surface area contributed by atoms with Crippen molar-refractivity contribution in [3.8, 4) is 0 Å². The Hall–Kier alpha value is -6.96. The number of Topliss-reactive ketones (excluding diaryl/α,β-unsaturated/α-hetero) is 1. The number of likely N-dealkylation sites (tertiary alicyclic amines) is 2. The number of rotatable bonds is 4. The summed E-state index contributed by atoms with van der Waals surface area (Å²) >= 11 is 0. The zero-order valence-electron chi connectivity index (χ0n) is 41.9. The number of anilines is 3. The lowest BCUT2D eigenvalue weighted by Crippen LogP contribution is -2.47. The molecule has 3 aliphatic carbocycles. The van der Waals surface area contributed by atoms with Crippen molar-refractivity contribution in [2.45, 2.75) is 123 Å². The number of ketones is 1. The molecule has 0 unspecified atom stereocenters. The first-order chi connectivity index (χ1) is 34.0. The number of nitrogens with one attached hydrogen (secondary N) is 6. The summed E-state index contributed by atoms with van der Waals surface area (Å²) < 4.78 is 25.6. The molecule has 3 saturated heterocycles. The minimum absolute atomic E-state index is 0.0913. The Bertz CT molecular complexity index is 3120. The highest BCUT2D eigenvalue weighted by atomic mass is 16.6. The van der Waals surface area contributed by atoms with Gasteiger partial charge in [-0.3, -0.25) is 19.7 Å². The van der Waals surface area contributed by atoms with Crippen LogP contribution in [-0.4, -0.2) is 105 Å². The second-order valence-corrected chi connectivity index (χ2v) is 22.8. The van der Waals surface area contributed by atoms with Crippen LogP contribution in [0.5, 0.6) is 0 Å². The van der Waals surface area contributed by atoms with E-state index in [1.54, 1.807) is 29.2 Å². The van der Waals surface area contributed by atoms with Crippen LogP contribution in [0.15, 0.2) is 82.2 Å². The van der Waals surface area contributed by atoms with E-state index in [0.29, 0.717) is 76.1 Å². The van der Waals surface area contributed by atoms with Crippen LogP contribution in [0.25, 0.3) is 33.3 Å². The van der Waals surface area contributed by atoms with Gasteiger partial charge in [-0.15, -0.1) is 0 Å². The highest BCUT2D eigenvalue weighted by Gasteiger charge is 2.51. The number of ether oxygens (including phenoxy) is 2. The molecule has 6 aromatic rings. The highest BCUT2D eigenvalue weighted by molar-refractivity contribution is 5.87. The topological polar surface area (TPSA) is 276 Å². The molecule has 2 amide bonds. The second-order valence-electron chi connectivity index (χ2n) is 22.8. The standard InChI is InChI=1S/C19H25N3O4.C14H17N3O2.C12H19NO3.C7H6N2O2/c1-18(2,3)26-17(24)22-7-6-19(11-22)9-13(10-19)20-12-4-5-15-14(8-12)21-16(23)25-15;18-13-17-11-5-9(1-2-12(11)19-13)16-10-6-14(7-10)3-4-15-8-14;1-11(2,3)16-10(15)13-5-4-12(8-13)6-9(14)7-12;8-4-1-2-6-5(3-4)9-7(10)11-6/h4-5,8,13,20H,6-7,9-11H2,1-3H3,(H,21,23);1-2,5,10,15-16H,3-4,6-8H2,(H,17,18);4-8H2,1-3H3;1-3H,8H2,(H,9,10). The fourth-order valence-corrected chi connectivity index (χ4v) is 11.1. The molecule has 6 heterocycles. The van der Waals surface area contributed by atoms with E-state index in [1.807, 2.05) is 76.8 Å². The molecule has 20 nitrogen and oxygen atoms in total. The summed E-state index contributed by atoms with van der Waals surface area (Å²) in [4.78, 5) is 79.5. The molecule has 3 aromatic heterocycles. The number of nitrogens with zero attached hydrogens (tertiary/aromatic N) is 2. The largest absolute Gasteiger partial charge is 0.444 e. The maximum Gasteiger partial charge on any atom is 0.417 e. The molecule has 72 heavy (non-hydrogen) atoms. The molecule has 6 aliphatic rings. The predicted molar refractivity (Wildman–Crippen MR) is 272 cm³/mol. The Balaban J connectivity index is 0.000000124. The molecule has 12 rings (SSSR count). The van der Waals surface area contributed by atoms with Gasteiger partial charge in [-0.05, 0) is 158 Å². The summed E-state index contributed by atoms with van der Waals surface area (Å²) in [5.41, 5.74) is 11.8. The summed E-state index contributed by atoms with van der Waals surface area (Å²) in [6.07, 6.45) is 8.65. The molecule has 3 saturated carbocycles. The minimum Gasteiger partial charge on any atom is -0.444 e. The van der Waals surface area contributed by atoms with Gasteiger partial charge in [0.15, 0.2) is 16.7 Å². The Labute approximate surface area is 415 Å². The number of H-pyrrole nitrogens is 3. The molecule has 3 aromatic carbocycles. The van der Waals surface area contributed by atoms with Crippen molar-refractivity contribution in [3.63, 3.8) is 0 Å². The number of carbonyl (C=O) groups excluding carboxylic acids is 3. The third-order valence-electron chi connectivity index (χ3n) is 14.4. The van der Waals surface area contributed by atoms with Gasteiger partial charge < -0.3 is 54.2 Å². The lowest BCUT2D eigenvalue weighted by molar-refractivity contribution is -0.132. The Kier molecular flexibility index (Phi) is 13.4. The number of hydrogen-bond acceptors (Lipinski definition) is 15. The van der Waals surface area contributed by atoms with E-state index in [2.05, 4.69) is 30.9 Å². The lowest BCUT2D eigenvalue weighted by Gasteiger charge is -2.45. The molecule has 0 radical (unpaired) electrons. The van der Waals surface area contributed by atoms with Crippen LogP contribution in [-0.2, 0) is 14.3 Å². The van der Waals surface area contributed by atoms with Crippen molar-refractivity contribution < 1.29 is 37.1 Å². The Morgan fingerprint density at radius 1 is 0.611 bits per heavy atom. The fraction of sp³-hybridized carbons (Fsp3) is 0.538. The van der Waals surface area contributed by atoms with E-state index in [-0.39, 0.29) is 23.0 Å². The molecular weight excluding hydrogens is 927 g/mol. The van der Waals surface area contributed by atoms with Crippen molar-refractivity contribution in [1.29, 1.82) is 0 Å². The molecule has 386 valence electrons. The van der Waals surface area contributed by atoms with Crippen molar-refractivity contribution >= 4 is 68.3 Å². The Morgan fingerprint density at radius 3 is 1.49 bits per heavy atom. The first kappa shape index (κ1) is 50.0.